The number of carbonyl (C=O) groups is 1. The Hall–Kier alpha value is -1.73. The van der Waals surface area contributed by atoms with Crippen molar-refractivity contribution in [2.45, 2.75) is 33.8 Å². The highest BCUT2D eigenvalue weighted by Gasteiger charge is 2.27. The molecule has 4 nitrogen and oxygen atoms in total. The largest absolute Gasteiger partial charge is 0.489 e. The molecule has 1 N–H and O–H groups in total. The lowest BCUT2D eigenvalue weighted by Gasteiger charge is -2.16. The van der Waals surface area contributed by atoms with E-state index in [9.17, 15) is 4.79 Å². The van der Waals surface area contributed by atoms with Crippen molar-refractivity contribution in [3.8, 4) is 11.8 Å². The molecule has 5 heteroatoms. The van der Waals surface area contributed by atoms with Crippen molar-refractivity contribution < 1.29 is 9.53 Å². The Kier molecular flexibility index (Phi) is 4.79. The van der Waals surface area contributed by atoms with Crippen LogP contribution in [-0.4, -0.2) is 12.0 Å². The van der Waals surface area contributed by atoms with Gasteiger partial charge >= 0.3 is 0 Å². The molecule has 0 aromatic heterocycles. The van der Waals surface area contributed by atoms with Gasteiger partial charge in [0.15, 0.2) is 0 Å². The van der Waals surface area contributed by atoms with Gasteiger partial charge in [-0.2, -0.15) is 5.26 Å². The Bertz CT molecular complexity index is 519. The molecule has 1 aromatic rings. The van der Waals surface area contributed by atoms with Crippen LogP contribution in [0.15, 0.2) is 18.2 Å². The number of ether oxygens (including phenoxy) is 1. The van der Waals surface area contributed by atoms with Crippen LogP contribution in [-0.2, 0) is 4.79 Å². The van der Waals surface area contributed by atoms with Crippen molar-refractivity contribution in [2.24, 2.45) is 5.41 Å². The fraction of sp³-hybridized carbons (Fsp3) is 0.429. The number of amides is 1. The summed E-state index contributed by atoms with van der Waals surface area (Å²) in [6.07, 6.45) is 0.0236. The average molecular weight is 281 g/mol. The van der Waals surface area contributed by atoms with Gasteiger partial charge in [0.25, 0.3) is 0 Å². The quantitative estimate of drug-likeness (QED) is 0.916. The van der Waals surface area contributed by atoms with Gasteiger partial charge < -0.3 is 10.1 Å². The maximum absolute atomic E-state index is 11.8. The van der Waals surface area contributed by atoms with Gasteiger partial charge in [0.1, 0.15) is 11.2 Å². The summed E-state index contributed by atoms with van der Waals surface area (Å²) in [5.74, 6) is 0.192. The van der Waals surface area contributed by atoms with Crippen LogP contribution in [0.5, 0.6) is 5.75 Å². The molecule has 102 valence electrons. The predicted molar refractivity (Wildman–Crippen MR) is 75.2 cm³/mol. The molecule has 1 aromatic carbocycles. The minimum Gasteiger partial charge on any atom is -0.489 e. The zero-order chi connectivity index (χ0) is 14.6. The number of nitrogens with one attached hydrogen (secondary N) is 1. The molecule has 0 radical (unpaired) electrons. The Balaban J connectivity index is 2.86. The second-order valence-electron chi connectivity index (χ2n) is 5.00. The molecule has 1 rings (SSSR count). The molecule has 1 amide bonds. The lowest BCUT2D eigenvalue weighted by atomic mass is 9.94. The van der Waals surface area contributed by atoms with E-state index >= 15 is 0 Å². The predicted octanol–water partition coefficient (Wildman–Crippen LogP) is 3.62. The maximum atomic E-state index is 11.8. The molecule has 0 saturated carbocycles. The smallest absolute Gasteiger partial charge is 0.244 e. The summed E-state index contributed by atoms with van der Waals surface area (Å²) in [5, 5.41) is 12.0. The van der Waals surface area contributed by atoms with Crippen molar-refractivity contribution in [2.75, 3.05) is 5.32 Å². The fourth-order valence-corrected chi connectivity index (χ4v) is 1.49. The van der Waals surface area contributed by atoms with Gasteiger partial charge in [-0.3, -0.25) is 4.79 Å². The molecule has 0 fully saturated rings. The summed E-state index contributed by atoms with van der Waals surface area (Å²) in [6, 6.07) is 6.93. The van der Waals surface area contributed by atoms with Crippen LogP contribution in [0.3, 0.4) is 0 Å². The minimum atomic E-state index is -1.08. The van der Waals surface area contributed by atoms with E-state index in [0.29, 0.717) is 16.5 Å². The Morgan fingerprint density at radius 2 is 2.11 bits per heavy atom. The Morgan fingerprint density at radius 3 is 2.58 bits per heavy atom. The van der Waals surface area contributed by atoms with Gasteiger partial charge in [-0.05, 0) is 45.9 Å². The molecule has 0 heterocycles. The number of benzene rings is 1. The van der Waals surface area contributed by atoms with E-state index in [1.54, 1.807) is 32.0 Å². The number of anilines is 1. The van der Waals surface area contributed by atoms with Crippen LogP contribution in [0.4, 0.5) is 5.69 Å². The summed E-state index contributed by atoms with van der Waals surface area (Å²) < 4.78 is 5.50. The Morgan fingerprint density at radius 1 is 1.47 bits per heavy atom. The van der Waals surface area contributed by atoms with Gasteiger partial charge in [-0.1, -0.05) is 11.6 Å². The van der Waals surface area contributed by atoms with Gasteiger partial charge in [0, 0.05) is 5.69 Å². The molecular formula is C14H17ClN2O2. The number of rotatable bonds is 4. The number of nitrogens with zero attached hydrogens (tertiary/aromatic N) is 1. The molecule has 0 saturated heterocycles. The van der Waals surface area contributed by atoms with Crippen LogP contribution in [0.1, 0.15) is 27.7 Å². The van der Waals surface area contributed by atoms with Crippen molar-refractivity contribution >= 4 is 23.2 Å². The summed E-state index contributed by atoms with van der Waals surface area (Å²) >= 11 is 6.06. The maximum Gasteiger partial charge on any atom is 0.244 e. The first-order chi connectivity index (χ1) is 8.76. The SMILES string of the molecule is CC(C)Oc1ccc(NC(=O)C(C)(C)C#N)cc1Cl. The third kappa shape index (κ3) is 4.15. The second-order valence-corrected chi connectivity index (χ2v) is 5.41. The zero-order valence-corrected chi connectivity index (χ0v) is 12.2. The standard InChI is InChI=1S/C14H17ClN2O2/c1-9(2)19-12-6-5-10(7-11(12)15)17-13(18)14(3,4)8-16/h5-7,9H,1-4H3,(H,17,18). The van der Waals surface area contributed by atoms with Crippen molar-refractivity contribution in [1.29, 1.82) is 5.26 Å². The monoisotopic (exact) mass is 280 g/mol. The van der Waals surface area contributed by atoms with Crippen LogP contribution in [0.25, 0.3) is 0 Å². The number of halogens is 1. The van der Waals surface area contributed by atoms with Crippen molar-refractivity contribution in [3.05, 3.63) is 23.2 Å². The summed E-state index contributed by atoms with van der Waals surface area (Å²) in [7, 11) is 0. The van der Waals surface area contributed by atoms with Crippen LogP contribution >= 0.6 is 11.6 Å². The van der Waals surface area contributed by atoms with Crippen LogP contribution < -0.4 is 10.1 Å². The van der Waals surface area contributed by atoms with Gasteiger partial charge in [-0.25, -0.2) is 0 Å². The van der Waals surface area contributed by atoms with Gasteiger partial charge in [0.05, 0.1) is 17.2 Å². The highest BCUT2D eigenvalue weighted by molar-refractivity contribution is 6.32. The van der Waals surface area contributed by atoms with E-state index in [1.807, 2.05) is 19.9 Å². The molecule has 0 aliphatic carbocycles. The first-order valence-corrected chi connectivity index (χ1v) is 6.33. The first kappa shape index (κ1) is 15.3. The number of nitriles is 1. The van der Waals surface area contributed by atoms with Crippen LogP contribution in [0, 0.1) is 16.7 Å². The van der Waals surface area contributed by atoms with Crippen molar-refractivity contribution in [1.82, 2.24) is 0 Å². The van der Waals surface area contributed by atoms with E-state index in [1.165, 1.54) is 0 Å². The van der Waals surface area contributed by atoms with Gasteiger partial charge in [0.2, 0.25) is 5.91 Å². The van der Waals surface area contributed by atoms with Crippen molar-refractivity contribution in [3.63, 3.8) is 0 Å². The second kappa shape index (κ2) is 5.94. The Labute approximate surface area is 118 Å². The molecular weight excluding hydrogens is 264 g/mol. The van der Waals surface area contributed by atoms with E-state index < -0.39 is 5.41 Å². The number of hydrogen-bond acceptors (Lipinski definition) is 3. The average Bonchev–Trinajstić information content (AvgIpc) is 2.32. The molecule has 0 aliphatic heterocycles. The molecule has 0 unspecified atom stereocenters. The van der Waals surface area contributed by atoms with E-state index in [4.69, 9.17) is 21.6 Å². The zero-order valence-electron chi connectivity index (χ0n) is 11.5. The highest BCUT2D eigenvalue weighted by Crippen LogP contribution is 2.29. The third-order valence-electron chi connectivity index (χ3n) is 2.40. The van der Waals surface area contributed by atoms with E-state index in [0.717, 1.165) is 0 Å². The number of carbonyl (C=O) groups excluding carboxylic acids is 1. The van der Waals surface area contributed by atoms with Crippen LogP contribution in [0.2, 0.25) is 5.02 Å². The summed E-state index contributed by atoms with van der Waals surface area (Å²) in [4.78, 5) is 11.8. The van der Waals surface area contributed by atoms with E-state index in [2.05, 4.69) is 5.32 Å². The molecule has 0 bridgehead atoms. The van der Waals surface area contributed by atoms with Gasteiger partial charge in [-0.15, -0.1) is 0 Å². The molecule has 19 heavy (non-hydrogen) atoms. The lowest BCUT2D eigenvalue weighted by Crippen LogP contribution is -2.29. The molecule has 0 spiro atoms. The minimum absolute atomic E-state index is 0.0236. The molecule has 0 atom stereocenters. The lowest BCUT2D eigenvalue weighted by molar-refractivity contribution is -0.121. The highest BCUT2D eigenvalue weighted by atomic mass is 35.5. The fourth-order valence-electron chi connectivity index (χ4n) is 1.27. The first-order valence-electron chi connectivity index (χ1n) is 5.95. The topological polar surface area (TPSA) is 62.1 Å². The third-order valence-corrected chi connectivity index (χ3v) is 2.69. The van der Waals surface area contributed by atoms with E-state index in [-0.39, 0.29) is 12.0 Å². The normalized spacial score (nSPS) is 11.0. The summed E-state index contributed by atoms with van der Waals surface area (Å²) in [5.41, 5.74) is -0.547. The number of hydrogen-bond donors (Lipinski definition) is 1. The molecule has 0 aliphatic rings. The summed E-state index contributed by atoms with van der Waals surface area (Å²) in [6.45, 7) is 6.92.